The van der Waals surface area contributed by atoms with Crippen molar-refractivity contribution in [1.29, 1.82) is 0 Å². The first-order valence-corrected chi connectivity index (χ1v) is 14.7. The summed E-state index contributed by atoms with van der Waals surface area (Å²) >= 11 is 0. The molecule has 0 fully saturated rings. The van der Waals surface area contributed by atoms with Gasteiger partial charge in [-0.15, -0.1) is 0 Å². The fourth-order valence-corrected chi connectivity index (χ4v) is 6.51. The van der Waals surface area contributed by atoms with Crippen LogP contribution >= 0.6 is 0 Å². The predicted molar refractivity (Wildman–Crippen MR) is 190 cm³/mol. The zero-order valence-electron chi connectivity index (χ0n) is 32.9. The van der Waals surface area contributed by atoms with Crippen LogP contribution in [0, 0.1) is 0 Å². The van der Waals surface area contributed by atoms with E-state index in [1.54, 1.807) is 0 Å². The van der Waals surface area contributed by atoms with Gasteiger partial charge < -0.3 is 4.42 Å². The molecule has 0 amide bonds. The molecule has 0 N–H and O–H groups in total. The minimum Gasteiger partial charge on any atom is -0.456 e. The van der Waals surface area contributed by atoms with Crippen molar-refractivity contribution in [3.05, 3.63) is 170 Å². The standard InChI is InChI=1S/C44H28O/c1-3-13-29(14-4-1)31-23-25-38-40(27-31)44(35-19-8-7-17-33(35)30-15-5-2-6-16-30)37-21-10-9-20-36(37)43(38)32-24-26-42-39(28-32)34-18-11-12-22-41(34)45-42/h1-28H/i2D,5D,6D,7D,8D,15D,16D,17D,19D. The minimum atomic E-state index is -0.594. The average Bonchev–Trinajstić information content (AvgIpc) is 3.58. The second-order valence-corrected chi connectivity index (χ2v) is 11.0. The monoisotopic (exact) mass is 581 g/mol. The van der Waals surface area contributed by atoms with Gasteiger partial charge in [0.1, 0.15) is 11.2 Å². The lowest BCUT2D eigenvalue weighted by Gasteiger charge is -2.20. The molecule has 210 valence electrons. The molecule has 1 aromatic heterocycles. The van der Waals surface area contributed by atoms with Gasteiger partial charge >= 0.3 is 0 Å². The van der Waals surface area contributed by atoms with E-state index in [-0.39, 0.29) is 22.7 Å². The van der Waals surface area contributed by atoms with Crippen molar-refractivity contribution in [2.75, 3.05) is 0 Å². The minimum absolute atomic E-state index is 0.0498. The zero-order chi connectivity index (χ0) is 37.6. The number of benzene rings is 8. The SMILES string of the molecule is [2H]c1c([2H])c([2H])c(-c2c([2H])c([2H])c([2H])c([2H])c2-c2c3ccccc3c(-c3ccc4oc5ccccc5c4c3)c3ccc(-c4ccccc4)cc23)c([2H])c1[2H]. The highest BCUT2D eigenvalue weighted by Crippen LogP contribution is 2.47. The number of furan rings is 1. The van der Waals surface area contributed by atoms with Gasteiger partial charge in [0.15, 0.2) is 0 Å². The second kappa shape index (κ2) is 10.4. The molecule has 1 heteroatoms. The molecule has 45 heavy (non-hydrogen) atoms. The summed E-state index contributed by atoms with van der Waals surface area (Å²) in [7, 11) is 0. The van der Waals surface area contributed by atoms with Gasteiger partial charge in [-0.3, -0.25) is 0 Å². The Kier molecular flexibility index (Phi) is 4.15. The molecule has 9 aromatic rings. The van der Waals surface area contributed by atoms with Crippen LogP contribution in [0.1, 0.15) is 12.3 Å². The fourth-order valence-electron chi connectivity index (χ4n) is 6.51. The number of hydrogen-bond donors (Lipinski definition) is 0. The Hall–Kier alpha value is -5.92. The van der Waals surface area contributed by atoms with Crippen LogP contribution in [0.15, 0.2) is 174 Å². The molecule has 0 spiro atoms. The lowest BCUT2D eigenvalue weighted by atomic mass is 9.83. The predicted octanol–water partition coefficient (Wildman–Crippen LogP) is 12.6. The number of para-hydroxylation sites is 1. The second-order valence-electron chi connectivity index (χ2n) is 11.0. The molecular formula is C44H28O. The van der Waals surface area contributed by atoms with Crippen LogP contribution in [0.2, 0.25) is 0 Å². The van der Waals surface area contributed by atoms with E-state index in [1.165, 1.54) is 0 Å². The summed E-state index contributed by atoms with van der Waals surface area (Å²) in [5, 5.41) is 4.87. The molecule has 1 nitrogen and oxygen atoms in total. The molecular weight excluding hydrogens is 544 g/mol. The molecule has 0 aliphatic carbocycles. The lowest BCUT2D eigenvalue weighted by molar-refractivity contribution is 0.669. The Labute approximate surface area is 274 Å². The van der Waals surface area contributed by atoms with E-state index in [2.05, 4.69) is 6.07 Å². The summed E-state index contributed by atoms with van der Waals surface area (Å²) < 4.78 is 85.4. The van der Waals surface area contributed by atoms with Crippen molar-refractivity contribution in [3.8, 4) is 44.5 Å². The normalized spacial score (nSPS) is 14.4. The van der Waals surface area contributed by atoms with Crippen molar-refractivity contribution in [2.45, 2.75) is 0 Å². The largest absolute Gasteiger partial charge is 0.456 e. The van der Waals surface area contributed by atoms with Gasteiger partial charge in [-0.25, -0.2) is 0 Å². The third-order valence-electron chi connectivity index (χ3n) is 8.48. The smallest absolute Gasteiger partial charge is 0.135 e. The quantitative estimate of drug-likeness (QED) is 0.188. The van der Waals surface area contributed by atoms with E-state index < -0.39 is 48.3 Å². The first kappa shape index (κ1) is 18.0. The molecule has 0 radical (unpaired) electrons. The molecule has 0 saturated carbocycles. The maximum absolute atomic E-state index is 9.43. The van der Waals surface area contributed by atoms with Gasteiger partial charge in [0, 0.05) is 10.8 Å². The van der Waals surface area contributed by atoms with Crippen LogP contribution in [0.4, 0.5) is 0 Å². The maximum atomic E-state index is 9.43. The Balaban J connectivity index is 1.49. The summed E-state index contributed by atoms with van der Waals surface area (Å²) in [4.78, 5) is 0. The van der Waals surface area contributed by atoms with E-state index >= 15 is 0 Å². The number of rotatable bonds is 4. The van der Waals surface area contributed by atoms with Gasteiger partial charge in [-0.1, -0.05) is 145 Å². The Morgan fingerprint density at radius 2 is 0.956 bits per heavy atom. The van der Waals surface area contributed by atoms with Crippen molar-refractivity contribution in [1.82, 2.24) is 0 Å². The van der Waals surface area contributed by atoms with E-state index in [9.17, 15) is 2.74 Å². The molecule has 0 unspecified atom stereocenters. The molecule has 0 bridgehead atoms. The number of hydrogen-bond acceptors (Lipinski definition) is 1. The highest BCUT2D eigenvalue weighted by molar-refractivity contribution is 6.23. The Bertz CT molecular complexity index is 3010. The van der Waals surface area contributed by atoms with Crippen LogP contribution in [-0.4, -0.2) is 0 Å². The van der Waals surface area contributed by atoms with E-state index in [0.717, 1.165) is 55.0 Å². The third-order valence-corrected chi connectivity index (χ3v) is 8.48. The summed E-state index contributed by atoms with van der Waals surface area (Å²) in [5.74, 6) is 0. The maximum Gasteiger partial charge on any atom is 0.135 e. The molecule has 0 aliphatic rings. The lowest BCUT2D eigenvalue weighted by Crippen LogP contribution is -1.93. The molecule has 0 aliphatic heterocycles. The van der Waals surface area contributed by atoms with Crippen LogP contribution in [0.5, 0.6) is 0 Å². The molecule has 0 saturated heterocycles. The highest BCUT2D eigenvalue weighted by atomic mass is 16.3. The third kappa shape index (κ3) is 4.17. The fraction of sp³-hybridized carbons (Fsp3) is 0. The number of fused-ring (bicyclic) bond motifs is 5. The topological polar surface area (TPSA) is 13.1 Å². The van der Waals surface area contributed by atoms with Crippen molar-refractivity contribution >= 4 is 43.5 Å². The summed E-state index contributed by atoms with van der Waals surface area (Å²) in [5.41, 5.74) is 5.21. The summed E-state index contributed by atoms with van der Waals surface area (Å²) in [6.07, 6.45) is 0. The Morgan fingerprint density at radius 1 is 0.356 bits per heavy atom. The van der Waals surface area contributed by atoms with Crippen molar-refractivity contribution < 1.29 is 16.8 Å². The van der Waals surface area contributed by atoms with Gasteiger partial charge in [0.25, 0.3) is 0 Å². The molecule has 9 rings (SSSR count). The zero-order valence-corrected chi connectivity index (χ0v) is 23.9. The first-order chi connectivity index (χ1) is 26.1. The summed E-state index contributed by atoms with van der Waals surface area (Å²) in [6.45, 7) is 0. The molecule has 1 heterocycles. The van der Waals surface area contributed by atoms with Crippen molar-refractivity contribution in [3.63, 3.8) is 0 Å². The van der Waals surface area contributed by atoms with Crippen LogP contribution in [-0.2, 0) is 0 Å². The highest BCUT2D eigenvalue weighted by Gasteiger charge is 2.20. The van der Waals surface area contributed by atoms with Gasteiger partial charge in [-0.05, 0) is 90.3 Å². The van der Waals surface area contributed by atoms with E-state index in [4.69, 9.17) is 14.0 Å². The van der Waals surface area contributed by atoms with Gasteiger partial charge in [-0.2, -0.15) is 0 Å². The average molecular weight is 582 g/mol. The molecule has 8 aromatic carbocycles. The van der Waals surface area contributed by atoms with Gasteiger partial charge in [0.2, 0.25) is 0 Å². The Morgan fingerprint density at radius 3 is 1.78 bits per heavy atom. The van der Waals surface area contributed by atoms with Crippen LogP contribution in [0.25, 0.3) is 88.0 Å². The van der Waals surface area contributed by atoms with Gasteiger partial charge in [0.05, 0.1) is 12.3 Å². The van der Waals surface area contributed by atoms with E-state index in [1.807, 2.05) is 109 Å². The van der Waals surface area contributed by atoms with Crippen LogP contribution < -0.4 is 0 Å². The van der Waals surface area contributed by atoms with Crippen LogP contribution in [0.3, 0.4) is 0 Å². The summed E-state index contributed by atoms with van der Waals surface area (Å²) in [6, 6.07) is 32.7. The van der Waals surface area contributed by atoms with Crippen molar-refractivity contribution in [2.24, 2.45) is 0 Å². The molecule has 0 atom stereocenters. The first-order valence-electron chi connectivity index (χ1n) is 19.2. The van der Waals surface area contributed by atoms with E-state index in [0.29, 0.717) is 16.3 Å².